The first kappa shape index (κ1) is 12.8. The summed E-state index contributed by atoms with van der Waals surface area (Å²) in [6, 6.07) is 9.99. The standard InChI is InChI=1S/C15H11ClFN3/c1-9-12(16)3-2-4-13(9)20-15-11-7-10(17)5-6-14(11)18-8-19-15/h2-8H,1H3,(H,18,19,20). The number of nitrogens with zero attached hydrogens (tertiary/aromatic N) is 2. The van der Waals surface area contributed by atoms with Crippen LogP contribution in [0.2, 0.25) is 5.02 Å². The maximum atomic E-state index is 13.4. The van der Waals surface area contributed by atoms with Crippen LogP contribution < -0.4 is 5.32 Å². The Hall–Kier alpha value is -2.20. The summed E-state index contributed by atoms with van der Waals surface area (Å²) in [5.74, 6) is 0.234. The second-order valence-electron chi connectivity index (χ2n) is 4.42. The van der Waals surface area contributed by atoms with Crippen LogP contribution in [0.25, 0.3) is 10.9 Å². The normalized spacial score (nSPS) is 10.8. The van der Waals surface area contributed by atoms with Crippen LogP contribution in [0.15, 0.2) is 42.7 Å². The third-order valence-corrected chi connectivity index (χ3v) is 3.53. The minimum atomic E-state index is -0.321. The third kappa shape index (κ3) is 2.30. The topological polar surface area (TPSA) is 37.8 Å². The Morgan fingerprint density at radius 1 is 1.15 bits per heavy atom. The molecule has 1 heterocycles. The predicted molar refractivity (Wildman–Crippen MR) is 79.0 cm³/mol. The zero-order valence-corrected chi connectivity index (χ0v) is 11.4. The lowest BCUT2D eigenvalue weighted by molar-refractivity contribution is 0.629. The van der Waals surface area contributed by atoms with Crippen LogP contribution in [0.4, 0.5) is 15.9 Å². The molecule has 0 saturated carbocycles. The number of fused-ring (bicyclic) bond motifs is 1. The highest BCUT2D eigenvalue weighted by molar-refractivity contribution is 6.31. The largest absolute Gasteiger partial charge is 0.339 e. The minimum Gasteiger partial charge on any atom is -0.339 e. The zero-order chi connectivity index (χ0) is 14.1. The second kappa shape index (κ2) is 5.06. The zero-order valence-electron chi connectivity index (χ0n) is 10.7. The highest BCUT2D eigenvalue weighted by atomic mass is 35.5. The highest BCUT2D eigenvalue weighted by Gasteiger charge is 2.08. The van der Waals surface area contributed by atoms with E-state index in [1.807, 2.05) is 25.1 Å². The van der Waals surface area contributed by atoms with Crippen LogP contribution in [-0.4, -0.2) is 9.97 Å². The first-order valence-electron chi connectivity index (χ1n) is 6.07. The molecule has 2 aromatic carbocycles. The highest BCUT2D eigenvalue weighted by Crippen LogP contribution is 2.28. The number of hydrogen-bond donors (Lipinski definition) is 1. The van der Waals surface area contributed by atoms with Crippen molar-refractivity contribution in [3.63, 3.8) is 0 Å². The minimum absolute atomic E-state index is 0.321. The maximum Gasteiger partial charge on any atom is 0.141 e. The molecule has 1 aromatic heterocycles. The Bertz CT molecular complexity index is 789. The van der Waals surface area contributed by atoms with Crippen molar-refractivity contribution in [3.8, 4) is 0 Å². The Labute approximate surface area is 120 Å². The summed E-state index contributed by atoms with van der Waals surface area (Å²) < 4.78 is 13.4. The summed E-state index contributed by atoms with van der Waals surface area (Å²) in [5, 5.41) is 4.48. The number of rotatable bonds is 2. The van der Waals surface area contributed by atoms with Crippen molar-refractivity contribution in [1.82, 2.24) is 9.97 Å². The van der Waals surface area contributed by atoms with Crippen molar-refractivity contribution in [1.29, 1.82) is 0 Å². The Morgan fingerprint density at radius 2 is 2.00 bits per heavy atom. The molecule has 0 saturated heterocycles. The van der Waals surface area contributed by atoms with Gasteiger partial charge in [-0.15, -0.1) is 0 Å². The van der Waals surface area contributed by atoms with Crippen molar-refractivity contribution in [2.24, 2.45) is 0 Å². The van der Waals surface area contributed by atoms with Crippen LogP contribution in [0.5, 0.6) is 0 Å². The average Bonchev–Trinajstić information content (AvgIpc) is 2.44. The van der Waals surface area contributed by atoms with Gasteiger partial charge in [-0.3, -0.25) is 0 Å². The van der Waals surface area contributed by atoms with Crippen LogP contribution in [-0.2, 0) is 0 Å². The van der Waals surface area contributed by atoms with E-state index in [9.17, 15) is 4.39 Å². The average molecular weight is 288 g/mol. The van der Waals surface area contributed by atoms with E-state index in [2.05, 4.69) is 15.3 Å². The van der Waals surface area contributed by atoms with E-state index in [1.165, 1.54) is 18.5 Å². The van der Waals surface area contributed by atoms with E-state index in [4.69, 9.17) is 11.6 Å². The van der Waals surface area contributed by atoms with Gasteiger partial charge in [0.05, 0.1) is 5.52 Å². The van der Waals surface area contributed by atoms with E-state index in [1.54, 1.807) is 6.07 Å². The Morgan fingerprint density at radius 3 is 2.85 bits per heavy atom. The van der Waals surface area contributed by atoms with Gasteiger partial charge in [-0.25, -0.2) is 14.4 Å². The van der Waals surface area contributed by atoms with Gasteiger partial charge in [0.25, 0.3) is 0 Å². The fraction of sp³-hybridized carbons (Fsp3) is 0.0667. The monoisotopic (exact) mass is 287 g/mol. The van der Waals surface area contributed by atoms with Crippen molar-refractivity contribution in [3.05, 3.63) is 59.1 Å². The van der Waals surface area contributed by atoms with Crippen molar-refractivity contribution < 1.29 is 4.39 Å². The summed E-state index contributed by atoms with van der Waals surface area (Å²) in [4.78, 5) is 8.30. The molecule has 3 nitrogen and oxygen atoms in total. The van der Waals surface area contributed by atoms with Gasteiger partial charge in [0.2, 0.25) is 0 Å². The summed E-state index contributed by atoms with van der Waals surface area (Å²) in [5.41, 5.74) is 2.43. The van der Waals surface area contributed by atoms with E-state index in [0.717, 1.165) is 11.3 Å². The van der Waals surface area contributed by atoms with Crippen molar-refractivity contribution >= 4 is 34.0 Å². The lowest BCUT2D eigenvalue weighted by Crippen LogP contribution is -1.98. The Balaban J connectivity index is 2.11. The molecule has 0 amide bonds. The molecule has 0 atom stereocenters. The molecule has 0 fully saturated rings. The quantitative estimate of drug-likeness (QED) is 0.755. The van der Waals surface area contributed by atoms with Crippen LogP contribution in [0.1, 0.15) is 5.56 Å². The van der Waals surface area contributed by atoms with Crippen LogP contribution >= 0.6 is 11.6 Å². The summed E-state index contributed by atoms with van der Waals surface area (Å²) >= 11 is 6.09. The molecule has 0 aliphatic heterocycles. The fourth-order valence-electron chi connectivity index (χ4n) is 2.00. The van der Waals surface area contributed by atoms with E-state index < -0.39 is 0 Å². The van der Waals surface area contributed by atoms with Gasteiger partial charge in [-0.1, -0.05) is 17.7 Å². The molecule has 100 valence electrons. The smallest absolute Gasteiger partial charge is 0.141 e. The van der Waals surface area contributed by atoms with Gasteiger partial charge < -0.3 is 5.32 Å². The van der Waals surface area contributed by atoms with E-state index in [0.29, 0.717) is 21.7 Å². The third-order valence-electron chi connectivity index (χ3n) is 3.12. The summed E-state index contributed by atoms with van der Waals surface area (Å²) in [7, 11) is 0. The molecule has 0 spiro atoms. The number of hydrogen-bond acceptors (Lipinski definition) is 3. The van der Waals surface area contributed by atoms with E-state index in [-0.39, 0.29) is 5.82 Å². The summed E-state index contributed by atoms with van der Waals surface area (Å²) in [6.07, 6.45) is 1.45. The van der Waals surface area contributed by atoms with E-state index >= 15 is 0 Å². The van der Waals surface area contributed by atoms with Crippen LogP contribution in [0, 0.1) is 12.7 Å². The second-order valence-corrected chi connectivity index (χ2v) is 4.83. The molecule has 0 bridgehead atoms. The molecular weight excluding hydrogens is 277 g/mol. The number of halogens is 2. The molecular formula is C15H11ClFN3. The first-order chi connectivity index (χ1) is 9.65. The van der Waals surface area contributed by atoms with Gasteiger partial charge >= 0.3 is 0 Å². The molecule has 0 radical (unpaired) electrons. The number of nitrogens with one attached hydrogen (secondary N) is 1. The lowest BCUT2D eigenvalue weighted by atomic mass is 10.2. The maximum absolute atomic E-state index is 13.4. The van der Waals surface area contributed by atoms with Gasteiger partial charge in [-0.05, 0) is 42.8 Å². The molecule has 20 heavy (non-hydrogen) atoms. The molecule has 0 aliphatic carbocycles. The lowest BCUT2D eigenvalue weighted by Gasteiger charge is -2.11. The molecule has 1 N–H and O–H groups in total. The fourth-order valence-corrected chi connectivity index (χ4v) is 2.17. The van der Waals surface area contributed by atoms with Gasteiger partial charge in [-0.2, -0.15) is 0 Å². The number of anilines is 2. The molecule has 0 unspecified atom stereocenters. The van der Waals surface area contributed by atoms with Crippen LogP contribution in [0.3, 0.4) is 0 Å². The predicted octanol–water partition coefficient (Wildman–Crippen LogP) is 4.47. The molecule has 5 heteroatoms. The number of aromatic nitrogens is 2. The SMILES string of the molecule is Cc1c(Cl)cccc1Nc1ncnc2ccc(F)cc12. The molecule has 3 aromatic rings. The molecule has 3 rings (SSSR count). The van der Waals surface area contributed by atoms with Gasteiger partial charge in [0, 0.05) is 16.1 Å². The summed E-state index contributed by atoms with van der Waals surface area (Å²) in [6.45, 7) is 1.91. The first-order valence-corrected chi connectivity index (χ1v) is 6.45. The van der Waals surface area contributed by atoms with Gasteiger partial charge in [0.1, 0.15) is 18.0 Å². The van der Waals surface area contributed by atoms with Gasteiger partial charge in [0.15, 0.2) is 0 Å². The molecule has 0 aliphatic rings. The Kier molecular flexibility index (Phi) is 3.24. The van der Waals surface area contributed by atoms with Crippen molar-refractivity contribution in [2.45, 2.75) is 6.92 Å². The number of benzene rings is 2. The van der Waals surface area contributed by atoms with Crippen molar-refractivity contribution in [2.75, 3.05) is 5.32 Å².